The molecule has 1 amide bonds. The Balaban J connectivity index is 2.15. The lowest BCUT2D eigenvalue weighted by Gasteiger charge is -1.96. The van der Waals surface area contributed by atoms with Gasteiger partial charge in [0.15, 0.2) is 5.13 Å². The largest absolute Gasteiger partial charge is 0.297 e. The maximum absolute atomic E-state index is 11.7. The second kappa shape index (κ2) is 4.12. The number of aryl methyl sites for hydroxylation is 2. The number of hydrogen-bond donors (Lipinski definition) is 1. The van der Waals surface area contributed by atoms with E-state index < -0.39 is 0 Å². The SMILES string of the molecule is Cc1cc(C(=O)Nc2nccs2)sc1C. The van der Waals surface area contributed by atoms with E-state index in [0.717, 1.165) is 10.4 Å². The summed E-state index contributed by atoms with van der Waals surface area (Å²) in [5, 5.41) is 5.23. The number of thiazole rings is 1. The molecule has 2 aromatic heterocycles. The fourth-order valence-corrected chi connectivity index (χ4v) is 2.58. The number of amides is 1. The van der Waals surface area contributed by atoms with E-state index in [1.165, 1.54) is 27.6 Å². The zero-order valence-corrected chi connectivity index (χ0v) is 10.0. The monoisotopic (exact) mass is 238 g/mol. The Morgan fingerprint density at radius 1 is 1.47 bits per heavy atom. The molecule has 0 bridgehead atoms. The van der Waals surface area contributed by atoms with E-state index in [9.17, 15) is 4.79 Å². The normalized spacial score (nSPS) is 10.3. The Kier molecular flexibility index (Phi) is 2.83. The van der Waals surface area contributed by atoms with Gasteiger partial charge in [-0.2, -0.15) is 0 Å². The number of hydrogen-bond acceptors (Lipinski definition) is 4. The fourth-order valence-electron chi connectivity index (χ4n) is 1.13. The van der Waals surface area contributed by atoms with Crippen LogP contribution in [0.25, 0.3) is 0 Å². The van der Waals surface area contributed by atoms with Crippen LogP contribution < -0.4 is 5.32 Å². The number of anilines is 1. The highest BCUT2D eigenvalue weighted by Crippen LogP contribution is 2.22. The Hall–Kier alpha value is -1.20. The molecule has 0 aliphatic heterocycles. The number of nitrogens with one attached hydrogen (secondary N) is 1. The molecule has 0 spiro atoms. The molecule has 0 unspecified atom stereocenters. The Bertz CT molecular complexity index is 454. The maximum atomic E-state index is 11.7. The molecule has 0 radical (unpaired) electrons. The van der Waals surface area contributed by atoms with Crippen molar-refractivity contribution in [2.24, 2.45) is 0 Å². The van der Waals surface area contributed by atoms with Gasteiger partial charge < -0.3 is 0 Å². The van der Waals surface area contributed by atoms with Crippen molar-refractivity contribution in [1.29, 1.82) is 0 Å². The molecule has 2 aromatic rings. The standard InChI is InChI=1S/C10H10N2OS2/c1-6-5-8(15-7(6)2)9(13)12-10-11-3-4-14-10/h3-5H,1-2H3,(H,11,12,13). The molecule has 1 N–H and O–H groups in total. The minimum absolute atomic E-state index is 0.0776. The lowest BCUT2D eigenvalue weighted by atomic mass is 10.3. The first-order valence-electron chi connectivity index (χ1n) is 4.44. The van der Waals surface area contributed by atoms with Gasteiger partial charge in [0, 0.05) is 16.5 Å². The third-order valence-electron chi connectivity index (χ3n) is 2.04. The van der Waals surface area contributed by atoms with Gasteiger partial charge in [0.1, 0.15) is 0 Å². The zero-order chi connectivity index (χ0) is 10.8. The van der Waals surface area contributed by atoms with E-state index in [0.29, 0.717) is 5.13 Å². The maximum Gasteiger partial charge on any atom is 0.267 e. The molecular formula is C10H10N2OS2. The molecule has 5 heteroatoms. The summed E-state index contributed by atoms with van der Waals surface area (Å²) in [4.78, 5) is 17.7. The van der Waals surface area contributed by atoms with Crippen molar-refractivity contribution >= 4 is 33.7 Å². The summed E-state index contributed by atoms with van der Waals surface area (Å²) >= 11 is 2.93. The fraction of sp³-hybridized carbons (Fsp3) is 0.200. The number of nitrogens with zero attached hydrogens (tertiary/aromatic N) is 1. The molecule has 2 heterocycles. The Morgan fingerprint density at radius 3 is 2.80 bits per heavy atom. The van der Waals surface area contributed by atoms with Crippen molar-refractivity contribution in [3.63, 3.8) is 0 Å². The number of carbonyl (C=O) groups excluding carboxylic acids is 1. The van der Waals surface area contributed by atoms with Gasteiger partial charge in [-0.25, -0.2) is 4.98 Å². The summed E-state index contributed by atoms with van der Waals surface area (Å²) in [6, 6.07) is 1.91. The predicted octanol–water partition coefficient (Wildman–Crippen LogP) is 3.07. The van der Waals surface area contributed by atoms with Gasteiger partial charge in [0.2, 0.25) is 0 Å². The third-order valence-corrected chi connectivity index (χ3v) is 3.88. The molecular weight excluding hydrogens is 228 g/mol. The second-order valence-corrected chi connectivity index (χ2v) is 5.29. The molecule has 0 fully saturated rings. The second-order valence-electron chi connectivity index (χ2n) is 3.14. The zero-order valence-electron chi connectivity index (χ0n) is 8.40. The highest BCUT2D eigenvalue weighted by molar-refractivity contribution is 7.15. The smallest absolute Gasteiger partial charge is 0.267 e. The first kappa shape index (κ1) is 10.3. The van der Waals surface area contributed by atoms with Crippen molar-refractivity contribution in [2.45, 2.75) is 13.8 Å². The molecule has 2 rings (SSSR count). The summed E-state index contributed by atoms with van der Waals surface area (Å²) in [5.41, 5.74) is 1.16. The minimum atomic E-state index is -0.0776. The molecule has 3 nitrogen and oxygen atoms in total. The number of carbonyl (C=O) groups is 1. The topological polar surface area (TPSA) is 42.0 Å². The van der Waals surface area contributed by atoms with Gasteiger partial charge in [-0.15, -0.1) is 22.7 Å². The van der Waals surface area contributed by atoms with Crippen molar-refractivity contribution in [3.8, 4) is 0 Å². The molecule has 78 valence electrons. The van der Waals surface area contributed by atoms with Crippen molar-refractivity contribution in [3.05, 3.63) is 33.0 Å². The number of rotatable bonds is 2. The van der Waals surface area contributed by atoms with Crippen LogP contribution in [0.3, 0.4) is 0 Å². The number of thiophene rings is 1. The van der Waals surface area contributed by atoms with Crippen molar-refractivity contribution in [1.82, 2.24) is 4.98 Å². The van der Waals surface area contributed by atoms with Gasteiger partial charge in [-0.1, -0.05) is 0 Å². The quantitative estimate of drug-likeness (QED) is 0.873. The van der Waals surface area contributed by atoms with Crippen LogP contribution in [0.1, 0.15) is 20.1 Å². The molecule has 15 heavy (non-hydrogen) atoms. The van der Waals surface area contributed by atoms with Crippen LogP contribution in [0.2, 0.25) is 0 Å². The average Bonchev–Trinajstić information content (AvgIpc) is 2.78. The van der Waals surface area contributed by atoms with Crippen molar-refractivity contribution < 1.29 is 4.79 Å². The van der Waals surface area contributed by atoms with Crippen LogP contribution in [0.5, 0.6) is 0 Å². The third kappa shape index (κ3) is 2.24. The highest BCUT2D eigenvalue weighted by atomic mass is 32.1. The van der Waals surface area contributed by atoms with Gasteiger partial charge >= 0.3 is 0 Å². The molecule has 0 saturated heterocycles. The van der Waals surface area contributed by atoms with E-state index in [1.54, 1.807) is 6.20 Å². The molecule has 0 aliphatic rings. The van der Waals surface area contributed by atoms with E-state index in [1.807, 2.05) is 25.3 Å². The Morgan fingerprint density at radius 2 is 2.27 bits per heavy atom. The first-order valence-corrected chi connectivity index (χ1v) is 6.14. The van der Waals surface area contributed by atoms with E-state index in [-0.39, 0.29) is 5.91 Å². The van der Waals surface area contributed by atoms with Gasteiger partial charge in [0.25, 0.3) is 5.91 Å². The summed E-state index contributed by atoms with van der Waals surface area (Å²) in [6.45, 7) is 4.02. The van der Waals surface area contributed by atoms with Gasteiger partial charge in [-0.05, 0) is 25.5 Å². The predicted molar refractivity (Wildman–Crippen MR) is 63.9 cm³/mol. The van der Waals surface area contributed by atoms with E-state index >= 15 is 0 Å². The van der Waals surface area contributed by atoms with Crippen LogP contribution in [0, 0.1) is 13.8 Å². The van der Waals surface area contributed by atoms with Crippen LogP contribution in [-0.2, 0) is 0 Å². The molecule has 0 saturated carbocycles. The average molecular weight is 238 g/mol. The lowest BCUT2D eigenvalue weighted by Crippen LogP contribution is -2.09. The highest BCUT2D eigenvalue weighted by Gasteiger charge is 2.11. The lowest BCUT2D eigenvalue weighted by molar-refractivity contribution is 0.103. The van der Waals surface area contributed by atoms with Crippen LogP contribution in [-0.4, -0.2) is 10.9 Å². The summed E-state index contributed by atoms with van der Waals surface area (Å²) in [7, 11) is 0. The summed E-state index contributed by atoms with van der Waals surface area (Å²) < 4.78 is 0. The van der Waals surface area contributed by atoms with Crippen LogP contribution in [0.4, 0.5) is 5.13 Å². The minimum Gasteiger partial charge on any atom is -0.297 e. The molecule has 0 atom stereocenters. The van der Waals surface area contributed by atoms with E-state index in [2.05, 4.69) is 10.3 Å². The van der Waals surface area contributed by atoms with Crippen LogP contribution >= 0.6 is 22.7 Å². The Labute approximate surface area is 95.8 Å². The summed E-state index contributed by atoms with van der Waals surface area (Å²) in [6.07, 6.45) is 1.67. The summed E-state index contributed by atoms with van der Waals surface area (Å²) in [5.74, 6) is -0.0776. The number of aromatic nitrogens is 1. The van der Waals surface area contributed by atoms with Gasteiger partial charge in [-0.3, -0.25) is 10.1 Å². The first-order chi connectivity index (χ1) is 7.16. The van der Waals surface area contributed by atoms with Crippen LogP contribution in [0.15, 0.2) is 17.6 Å². The van der Waals surface area contributed by atoms with Gasteiger partial charge in [0.05, 0.1) is 4.88 Å². The molecule has 0 aromatic carbocycles. The molecule has 0 aliphatic carbocycles. The van der Waals surface area contributed by atoms with E-state index in [4.69, 9.17) is 0 Å². The van der Waals surface area contributed by atoms with Crippen molar-refractivity contribution in [2.75, 3.05) is 5.32 Å².